The average Bonchev–Trinajstić information content (AvgIpc) is 2.66. The van der Waals surface area contributed by atoms with E-state index in [1.165, 1.54) is 0 Å². The zero-order valence-electron chi connectivity index (χ0n) is 13.9. The number of rotatable bonds is 3. The molecule has 1 aliphatic carbocycles. The van der Waals surface area contributed by atoms with Gasteiger partial charge in [-0.1, -0.05) is 6.07 Å². The second-order valence-corrected chi connectivity index (χ2v) is 6.73. The molecule has 0 aromatic carbocycles. The maximum atomic E-state index is 11.0. The molecule has 2 fully saturated rings. The Balaban J connectivity index is 1.50. The lowest BCUT2D eigenvalue weighted by molar-refractivity contribution is -0.0594. The number of hydrogen-bond acceptors (Lipinski definition) is 6. The van der Waals surface area contributed by atoms with Crippen LogP contribution in [0, 0.1) is 11.3 Å². The van der Waals surface area contributed by atoms with Crippen molar-refractivity contribution in [1.29, 1.82) is 5.26 Å². The number of nitrogens with zero attached hydrogens (tertiary/aromatic N) is 3. The monoisotopic (exact) mass is 336 g/mol. The molecule has 25 heavy (non-hydrogen) atoms. The van der Waals surface area contributed by atoms with Crippen LogP contribution < -0.4 is 5.32 Å². The van der Waals surface area contributed by atoms with Gasteiger partial charge in [0.2, 0.25) is 0 Å². The third-order valence-corrected chi connectivity index (χ3v) is 5.04. The van der Waals surface area contributed by atoms with Gasteiger partial charge in [-0.05, 0) is 48.6 Å². The number of hydrogen-bond donors (Lipinski definition) is 2. The van der Waals surface area contributed by atoms with Gasteiger partial charge in [-0.3, -0.25) is 4.98 Å². The van der Waals surface area contributed by atoms with Crippen LogP contribution in [0.4, 0.5) is 0 Å². The van der Waals surface area contributed by atoms with Crippen LogP contribution in [0.25, 0.3) is 0 Å². The molecular weight excluding hydrogens is 316 g/mol. The Bertz CT molecular complexity index is 805. The Hall–Kier alpha value is -2.33. The van der Waals surface area contributed by atoms with E-state index in [2.05, 4.69) is 21.4 Å². The lowest BCUT2D eigenvalue weighted by Crippen LogP contribution is -2.41. The topological polar surface area (TPSA) is 91.1 Å². The molecule has 1 saturated carbocycles. The highest BCUT2D eigenvalue weighted by Gasteiger charge is 2.46. The van der Waals surface area contributed by atoms with Crippen molar-refractivity contribution in [2.45, 2.75) is 30.5 Å². The molecule has 3 heterocycles. The first-order valence-electron chi connectivity index (χ1n) is 8.56. The summed E-state index contributed by atoms with van der Waals surface area (Å²) in [7, 11) is 0. The van der Waals surface area contributed by atoms with Gasteiger partial charge in [-0.25, -0.2) is 4.98 Å². The summed E-state index contributed by atoms with van der Waals surface area (Å²) in [4.78, 5) is 8.67. The smallest absolute Gasteiger partial charge is 0.140 e. The highest BCUT2D eigenvalue weighted by Crippen LogP contribution is 2.50. The summed E-state index contributed by atoms with van der Waals surface area (Å²) < 4.78 is 5.76. The van der Waals surface area contributed by atoms with Crippen molar-refractivity contribution in [3.05, 3.63) is 59.2 Å². The van der Waals surface area contributed by atoms with Crippen molar-refractivity contribution in [2.75, 3.05) is 19.7 Å². The molecule has 1 atom stereocenters. The Labute approximate surface area is 146 Å². The van der Waals surface area contributed by atoms with Gasteiger partial charge in [0, 0.05) is 19.3 Å². The minimum absolute atomic E-state index is 0.0634. The van der Waals surface area contributed by atoms with Crippen LogP contribution in [0.3, 0.4) is 0 Å². The largest absolute Gasteiger partial charge is 0.384 e. The number of aliphatic hydroxyl groups is 1. The van der Waals surface area contributed by atoms with Crippen LogP contribution in [0.5, 0.6) is 0 Å². The van der Waals surface area contributed by atoms with Crippen molar-refractivity contribution in [1.82, 2.24) is 15.3 Å². The van der Waals surface area contributed by atoms with Crippen molar-refractivity contribution in [2.24, 2.45) is 0 Å². The first kappa shape index (κ1) is 16.2. The molecule has 0 spiro atoms. The third kappa shape index (κ3) is 3.14. The molecule has 1 saturated heterocycles. The molecule has 0 bridgehead atoms. The molecule has 2 N–H and O–H groups in total. The zero-order chi connectivity index (χ0) is 17.3. The van der Waals surface area contributed by atoms with Gasteiger partial charge in [-0.15, -0.1) is 0 Å². The van der Waals surface area contributed by atoms with Gasteiger partial charge < -0.3 is 15.2 Å². The summed E-state index contributed by atoms with van der Waals surface area (Å²) in [5.41, 5.74) is 2.10. The van der Waals surface area contributed by atoms with Crippen LogP contribution >= 0.6 is 0 Å². The van der Waals surface area contributed by atoms with E-state index in [1.807, 2.05) is 24.3 Å². The van der Waals surface area contributed by atoms with Crippen molar-refractivity contribution >= 4 is 0 Å². The Morgan fingerprint density at radius 2 is 2.20 bits per heavy atom. The van der Waals surface area contributed by atoms with Crippen molar-refractivity contribution in [3.63, 3.8) is 0 Å². The van der Waals surface area contributed by atoms with Gasteiger partial charge in [0.25, 0.3) is 0 Å². The highest BCUT2D eigenvalue weighted by atomic mass is 16.5. The molecular formula is C19H20N4O2. The van der Waals surface area contributed by atoms with Crippen LogP contribution in [0.15, 0.2) is 36.5 Å². The summed E-state index contributed by atoms with van der Waals surface area (Å²) in [6, 6.07) is 11.5. The molecule has 4 rings (SSSR count). The summed E-state index contributed by atoms with van der Waals surface area (Å²) in [6.45, 7) is 2.27. The minimum atomic E-state index is -0.918. The lowest BCUT2D eigenvalue weighted by atomic mass is 9.66. The number of aromatic nitrogens is 2. The Morgan fingerprint density at radius 3 is 2.96 bits per heavy atom. The van der Waals surface area contributed by atoms with E-state index >= 15 is 0 Å². The highest BCUT2D eigenvalue weighted by molar-refractivity contribution is 5.33. The van der Waals surface area contributed by atoms with Crippen LogP contribution in [-0.2, 0) is 10.3 Å². The van der Waals surface area contributed by atoms with Crippen LogP contribution in [0.1, 0.15) is 47.5 Å². The molecule has 1 aliphatic heterocycles. The predicted octanol–water partition coefficient (Wildman–Crippen LogP) is 1.77. The molecule has 6 nitrogen and oxygen atoms in total. The fourth-order valence-corrected chi connectivity index (χ4v) is 3.61. The number of nitrogens with one attached hydrogen (secondary N) is 1. The van der Waals surface area contributed by atoms with E-state index in [0.29, 0.717) is 30.8 Å². The molecule has 2 aromatic heterocycles. The van der Waals surface area contributed by atoms with E-state index < -0.39 is 5.60 Å². The molecule has 128 valence electrons. The fourth-order valence-electron chi connectivity index (χ4n) is 3.61. The number of ether oxygens (including phenoxy) is 1. The van der Waals surface area contributed by atoms with E-state index in [9.17, 15) is 5.11 Å². The van der Waals surface area contributed by atoms with Gasteiger partial charge in [0.05, 0.1) is 18.0 Å². The summed E-state index contributed by atoms with van der Waals surface area (Å²) in [5, 5.41) is 23.2. The summed E-state index contributed by atoms with van der Waals surface area (Å²) in [6.07, 6.45) is 2.79. The Morgan fingerprint density at radius 1 is 1.32 bits per heavy atom. The Kier molecular flexibility index (Phi) is 4.22. The molecule has 0 amide bonds. The predicted molar refractivity (Wildman–Crippen MR) is 90.6 cm³/mol. The second kappa shape index (κ2) is 6.52. The maximum Gasteiger partial charge on any atom is 0.140 e. The molecule has 2 aromatic rings. The second-order valence-electron chi connectivity index (χ2n) is 6.73. The fraction of sp³-hybridized carbons (Fsp3) is 0.421. The zero-order valence-corrected chi connectivity index (χ0v) is 13.9. The molecule has 0 radical (unpaired) electrons. The van der Waals surface area contributed by atoms with Gasteiger partial charge in [0.1, 0.15) is 23.5 Å². The first-order valence-corrected chi connectivity index (χ1v) is 8.56. The average molecular weight is 336 g/mol. The normalized spacial score (nSPS) is 28.8. The number of morpholine rings is 1. The van der Waals surface area contributed by atoms with Crippen molar-refractivity contribution < 1.29 is 9.84 Å². The summed E-state index contributed by atoms with van der Waals surface area (Å²) in [5.74, 6) is 0.221. The number of nitriles is 1. The number of pyridine rings is 2. The first-order chi connectivity index (χ1) is 12.2. The third-order valence-electron chi connectivity index (χ3n) is 5.04. The maximum absolute atomic E-state index is 11.0. The lowest BCUT2D eigenvalue weighted by Gasteiger charge is -2.43. The van der Waals surface area contributed by atoms with Crippen LogP contribution in [0.2, 0.25) is 0 Å². The minimum Gasteiger partial charge on any atom is -0.384 e. The van der Waals surface area contributed by atoms with Crippen molar-refractivity contribution in [3.8, 4) is 6.07 Å². The molecule has 2 aliphatic rings. The molecule has 6 heteroatoms. The van der Waals surface area contributed by atoms with Gasteiger partial charge >= 0.3 is 0 Å². The van der Waals surface area contributed by atoms with E-state index in [4.69, 9.17) is 10.00 Å². The SMILES string of the molecule is N#Cc1cc(C2CC(O)(c3cccc(C4CNCCO4)n3)C2)ccn1. The van der Waals surface area contributed by atoms with E-state index in [1.54, 1.807) is 12.3 Å². The van der Waals surface area contributed by atoms with E-state index in [-0.39, 0.29) is 12.0 Å². The molecule has 1 unspecified atom stereocenters. The van der Waals surface area contributed by atoms with E-state index in [0.717, 1.165) is 24.3 Å². The van der Waals surface area contributed by atoms with Gasteiger partial charge in [-0.2, -0.15) is 5.26 Å². The van der Waals surface area contributed by atoms with Gasteiger partial charge in [0.15, 0.2) is 0 Å². The standard InChI is InChI=1S/C19H20N4O2/c20-11-15-8-13(4-5-22-15)14-9-19(24,10-14)18-3-1-2-16(23-18)17-12-21-6-7-25-17/h1-5,8,14,17,21,24H,6-7,9-10,12H2. The summed E-state index contributed by atoms with van der Waals surface area (Å²) >= 11 is 0. The quantitative estimate of drug-likeness (QED) is 0.888. The van der Waals surface area contributed by atoms with Crippen LogP contribution in [-0.4, -0.2) is 34.8 Å².